The number of hydrogen-bond donors (Lipinski definition) is 1. The van der Waals surface area contributed by atoms with Crippen LogP contribution in [0.15, 0.2) is 6.20 Å². The molecule has 1 aliphatic rings. The van der Waals surface area contributed by atoms with Crippen molar-refractivity contribution in [3.05, 3.63) is 11.9 Å². The number of rotatable bonds is 0. The van der Waals surface area contributed by atoms with Gasteiger partial charge in [-0.1, -0.05) is 0 Å². The molecule has 8 heteroatoms. The molecule has 0 aliphatic carbocycles. The van der Waals surface area contributed by atoms with Crippen LogP contribution in [0.5, 0.6) is 0 Å². The second kappa shape index (κ2) is 3.69. The molecule has 0 atom stereocenters. The van der Waals surface area contributed by atoms with Gasteiger partial charge in [-0.25, -0.2) is 4.79 Å². The van der Waals surface area contributed by atoms with Gasteiger partial charge in [-0.15, -0.1) is 13.2 Å². The summed E-state index contributed by atoms with van der Waals surface area (Å²) in [6, 6.07) is 0. The standard InChI is InChI=1S/C8H8F3N3O2/c9-8(10,11)16-7(15)14-3-1-2-5-6(14)4-12-13-5/h4H,1-3H2,(H,12,13). The SMILES string of the molecule is O=C(OC(F)(F)F)N1CCCc2[nH]ncc21. The maximum Gasteiger partial charge on any atom is 0.576 e. The van der Waals surface area contributed by atoms with Gasteiger partial charge in [0.25, 0.3) is 0 Å². The molecule has 0 unspecified atom stereocenters. The molecule has 0 saturated heterocycles. The van der Waals surface area contributed by atoms with Gasteiger partial charge >= 0.3 is 12.5 Å². The lowest BCUT2D eigenvalue weighted by atomic mass is 10.1. The highest BCUT2D eigenvalue weighted by molar-refractivity contribution is 5.88. The van der Waals surface area contributed by atoms with Gasteiger partial charge in [0, 0.05) is 6.54 Å². The van der Waals surface area contributed by atoms with Crippen molar-refractivity contribution in [2.24, 2.45) is 0 Å². The Kier molecular flexibility index (Phi) is 2.49. The molecule has 0 saturated carbocycles. The van der Waals surface area contributed by atoms with E-state index >= 15 is 0 Å². The number of alkyl halides is 3. The second-order valence-electron chi connectivity index (χ2n) is 3.30. The molecule has 0 bridgehead atoms. The molecule has 0 aromatic carbocycles. The molecular weight excluding hydrogens is 227 g/mol. The third-order valence-electron chi connectivity index (χ3n) is 2.22. The van der Waals surface area contributed by atoms with Crippen molar-refractivity contribution in [1.82, 2.24) is 10.2 Å². The highest BCUT2D eigenvalue weighted by Crippen LogP contribution is 2.27. The van der Waals surface area contributed by atoms with E-state index in [1.807, 2.05) is 0 Å². The van der Waals surface area contributed by atoms with Gasteiger partial charge in [0.1, 0.15) is 0 Å². The summed E-state index contributed by atoms with van der Waals surface area (Å²) in [7, 11) is 0. The smallest absolute Gasteiger partial charge is 0.356 e. The van der Waals surface area contributed by atoms with Gasteiger partial charge in [-0.05, 0) is 12.8 Å². The lowest BCUT2D eigenvalue weighted by Gasteiger charge is -2.25. The van der Waals surface area contributed by atoms with Crippen LogP contribution in [0.1, 0.15) is 12.1 Å². The fourth-order valence-electron chi connectivity index (χ4n) is 1.60. The van der Waals surface area contributed by atoms with Crippen LogP contribution < -0.4 is 4.90 Å². The quantitative estimate of drug-likeness (QED) is 0.746. The topological polar surface area (TPSA) is 58.2 Å². The fourth-order valence-corrected chi connectivity index (χ4v) is 1.60. The summed E-state index contributed by atoms with van der Waals surface area (Å²) in [5.41, 5.74) is 0.992. The van der Waals surface area contributed by atoms with E-state index in [2.05, 4.69) is 14.9 Å². The van der Waals surface area contributed by atoms with E-state index in [9.17, 15) is 18.0 Å². The minimum Gasteiger partial charge on any atom is -0.356 e. The number of hydrogen-bond acceptors (Lipinski definition) is 3. The number of aromatic nitrogens is 2. The van der Waals surface area contributed by atoms with Crippen LogP contribution in [0, 0.1) is 0 Å². The predicted molar refractivity (Wildman–Crippen MR) is 46.8 cm³/mol. The number of aromatic amines is 1. The molecule has 1 aromatic rings. The number of fused-ring (bicyclic) bond motifs is 1. The number of nitrogens with zero attached hydrogens (tertiary/aromatic N) is 2. The number of ether oxygens (including phenoxy) is 1. The zero-order valence-electron chi connectivity index (χ0n) is 8.04. The molecule has 1 aliphatic heterocycles. The van der Waals surface area contributed by atoms with Crippen molar-refractivity contribution < 1.29 is 22.7 Å². The van der Waals surface area contributed by atoms with Crippen LogP contribution in [0.25, 0.3) is 0 Å². The number of carbonyl (C=O) groups excluding carboxylic acids is 1. The molecule has 88 valence electrons. The molecule has 2 heterocycles. The van der Waals surface area contributed by atoms with E-state index in [1.54, 1.807) is 0 Å². The summed E-state index contributed by atoms with van der Waals surface area (Å²) in [5, 5.41) is 6.30. The molecule has 1 amide bonds. The largest absolute Gasteiger partial charge is 0.576 e. The van der Waals surface area contributed by atoms with Crippen LogP contribution in [-0.4, -0.2) is 29.2 Å². The van der Waals surface area contributed by atoms with Crippen LogP contribution in [-0.2, 0) is 11.2 Å². The first-order valence-corrected chi connectivity index (χ1v) is 4.57. The maximum absolute atomic E-state index is 11.9. The monoisotopic (exact) mass is 235 g/mol. The molecule has 0 fully saturated rings. The first kappa shape index (κ1) is 10.8. The first-order valence-electron chi connectivity index (χ1n) is 4.57. The summed E-state index contributed by atoms with van der Waals surface area (Å²) in [5.74, 6) is 0. The Bertz CT molecular complexity index is 401. The third-order valence-corrected chi connectivity index (χ3v) is 2.22. The van der Waals surface area contributed by atoms with Crippen molar-refractivity contribution in [1.29, 1.82) is 0 Å². The van der Waals surface area contributed by atoms with Crippen molar-refractivity contribution >= 4 is 11.8 Å². The first-order chi connectivity index (χ1) is 7.47. The number of H-pyrrole nitrogens is 1. The van der Waals surface area contributed by atoms with Gasteiger partial charge in [0.05, 0.1) is 17.6 Å². The normalized spacial score (nSPS) is 15.8. The molecule has 1 aromatic heterocycles. The predicted octanol–water partition coefficient (Wildman–Crippen LogP) is 1.82. The van der Waals surface area contributed by atoms with Crippen molar-refractivity contribution in [3.8, 4) is 0 Å². The van der Waals surface area contributed by atoms with Gasteiger partial charge in [-0.3, -0.25) is 10.00 Å². The summed E-state index contributed by atoms with van der Waals surface area (Å²) >= 11 is 0. The lowest BCUT2D eigenvalue weighted by molar-refractivity contribution is -0.290. The van der Waals surface area contributed by atoms with E-state index in [4.69, 9.17) is 0 Å². The zero-order chi connectivity index (χ0) is 11.8. The number of nitrogens with one attached hydrogen (secondary N) is 1. The molecule has 1 N–H and O–H groups in total. The number of amides is 1. The average Bonchev–Trinajstić information content (AvgIpc) is 2.61. The molecule has 2 rings (SSSR count). The molecule has 16 heavy (non-hydrogen) atoms. The molecule has 0 spiro atoms. The van der Waals surface area contributed by atoms with Gasteiger partial charge in [0.2, 0.25) is 0 Å². The number of anilines is 1. The Morgan fingerprint density at radius 3 is 3.00 bits per heavy atom. The highest BCUT2D eigenvalue weighted by Gasteiger charge is 2.37. The molecule has 0 radical (unpaired) electrons. The van der Waals surface area contributed by atoms with E-state index < -0.39 is 12.5 Å². The number of carbonyl (C=O) groups is 1. The Labute approximate surface area is 88.2 Å². The Morgan fingerprint density at radius 2 is 2.31 bits per heavy atom. The Hall–Kier alpha value is -1.73. The van der Waals surface area contributed by atoms with E-state index in [1.165, 1.54) is 6.20 Å². The third kappa shape index (κ3) is 2.10. The second-order valence-corrected chi connectivity index (χ2v) is 3.30. The average molecular weight is 235 g/mol. The van der Waals surface area contributed by atoms with E-state index in [-0.39, 0.29) is 6.54 Å². The van der Waals surface area contributed by atoms with Gasteiger partial charge in [0.15, 0.2) is 0 Å². The summed E-state index contributed by atoms with van der Waals surface area (Å²) in [4.78, 5) is 12.1. The van der Waals surface area contributed by atoms with Crippen LogP contribution >= 0.6 is 0 Å². The summed E-state index contributed by atoms with van der Waals surface area (Å²) < 4.78 is 39.0. The highest BCUT2D eigenvalue weighted by atomic mass is 19.4. The zero-order valence-corrected chi connectivity index (χ0v) is 8.04. The number of aryl methyl sites for hydroxylation is 1. The fraction of sp³-hybridized carbons (Fsp3) is 0.500. The van der Waals surface area contributed by atoms with Crippen molar-refractivity contribution in [2.45, 2.75) is 19.2 Å². The summed E-state index contributed by atoms with van der Waals surface area (Å²) in [6.07, 6.45) is -3.84. The Balaban J connectivity index is 2.15. The summed E-state index contributed by atoms with van der Waals surface area (Å²) in [6.45, 7) is 0.196. The maximum atomic E-state index is 11.9. The van der Waals surface area contributed by atoms with Gasteiger partial charge < -0.3 is 4.74 Å². The van der Waals surface area contributed by atoms with E-state index in [0.717, 1.165) is 4.90 Å². The minimum absolute atomic E-state index is 0.196. The number of halogens is 3. The van der Waals surface area contributed by atoms with E-state index in [0.29, 0.717) is 24.2 Å². The lowest BCUT2D eigenvalue weighted by Crippen LogP contribution is -2.38. The molecular formula is C8H8F3N3O2. The molecule has 5 nitrogen and oxygen atoms in total. The van der Waals surface area contributed by atoms with Crippen molar-refractivity contribution in [2.75, 3.05) is 11.4 Å². The van der Waals surface area contributed by atoms with Gasteiger partial charge in [-0.2, -0.15) is 5.10 Å². The Morgan fingerprint density at radius 1 is 1.56 bits per heavy atom. The minimum atomic E-state index is -4.96. The van der Waals surface area contributed by atoms with Crippen molar-refractivity contribution in [3.63, 3.8) is 0 Å². The van der Waals surface area contributed by atoms with Crippen LogP contribution in [0.3, 0.4) is 0 Å². The van der Waals surface area contributed by atoms with Crippen LogP contribution in [0.2, 0.25) is 0 Å². The van der Waals surface area contributed by atoms with Crippen LogP contribution in [0.4, 0.5) is 23.7 Å².